The normalized spacial score (nSPS) is 10.5. The van der Waals surface area contributed by atoms with Crippen LogP contribution >= 0.6 is 0 Å². The lowest BCUT2D eigenvalue weighted by Crippen LogP contribution is -2.05. The minimum absolute atomic E-state index is 0.0797. The fourth-order valence-corrected chi connectivity index (χ4v) is 2.45. The van der Waals surface area contributed by atoms with E-state index in [1.54, 1.807) is 0 Å². The standard InChI is InChI=1S/C19H19N3O2/c1-14(23)20-17-10-7-16(8-11-17)13-18-21-19(24-22-18)12-9-15-5-3-2-4-6-15/h2-8,10-11H,9,12-13H2,1H3,(H,20,23). The molecule has 3 rings (SSSR count). The number of anilines is 1. The molecule has 3 aromatic rings. The lowest BCUT2D eigenvalue weighted by molar-refractivity contribution is -0.114. The third-order valence-electron chi connectivity index (χ3n) is 3.62. The summed E-state index contributed by atoms with van der Waals surface area (Å²) in [5.74, 6) is 1.25. The fourth-order valence-electron chi connectivity index (χ4n) is 2.45. The van der Waals surface area contributed by atoms with Crippen LogP contribution in [0.2, 0.25) is 0 Å². The van der Waals surface area contributed by atoms with Gasteiger partial charge in [0.2, 0.25) is 11.8 Å². The molecule has 1 aromatic heterocycles. The quantitative estimate of drug-likeness (QED) is 0.755. The summed E-state index contributed by atoms with van der Waals surface area (Å²) in [6.07, 6.45) is 2.22. The smallest absolute Gasteiger partial charge is 0.226 e. The molecule has 0 saturated carbocycles. The highest BCUT2D eigenvalue weighted by Gasteiger charge is 2.08. The molecule has 122 valence electrons. The second-order valence-corrected chi connectivity index (χ2v) is 5.64. The van der Waals surface area contributed by atoms with Gasteiger partial charge in [0.05, 0.1) is 0 Å². The van der Waals surface area contributed by atoms with Crippen LogP contribution in [0.4, 0.5) is 5.69 Å². The molecule has 0 saturated heterocycles. The summed E-state index contributed by atoms with van der Waals surface area (Å²) in [6.45, 7) is 1.49. The van der Waals surface area contributed by atoms with Crippen LogP contribution in [-0.2, 0) is 24.1 Å². The molecule has 5 nitrogen and oxygen atoms in total. The van der Waals surface area contributed by atoms with Gasteiger partial charge in [-0.05, 0) is 29.7 Å². The lowest BCUT2D eigenvalue weighted by atomic mass is 10.1. The Morgan fingerprint density at radius 2 is 1.75 bits per heavy atom. The van der Waals surface area contributed by atoms with E-state index in [0.717, 1.165) is 24.1 Å². The number of rotatable bonds is 6. The number of aryl methyl sites for hydroxylation is 2. The molecule has 0 radical (unpaired) electrons. The van der Waals surface area contributed by atoms with Crippen molar-refractivity contribution in [3.8, 4) is 0 Å². The van der Waals surface area contributed by atoms with Crippen molar-refractivity contribution in [1.29, 1.82) is 0 Å². The third kappa shape index (κ3) is 4.52. The summed E-state index contributed by atoms with van der Waals surface area (Å²) < 4.78 is 5.32. The van der Waals surface area contributed by atoms with Gasteiger partial charge in [0.15, 0.2) is 5.82 Å². The van der Waals surface area contributed by atoms with Crippen molar-refractivity contribution in [2.75, 3.05) is 5.32 Å². The fraction of sp³-hybridized carbons (Fsp3) is 0.211. The molecule has 2 aromatic carbocycles. The first-order valence-electron chi connectivity index (χ1n) is 7.91. The average Bonchev–Trinajstić information content (AvgIpc) is 3.03. The summed E-state index contributed by atoms with van der Waals surface area (Å²) in [6, 6.07) is 17.9. The van der Waals surface area contributed by atoms with Crippen LogP contribution in [-0.4, -0.2) is 16.0 Å². The molecule has 1 N–H and O–H groups in total. The van der Waals surface area contributed by atoms with E-state index in [9.17, 15) is 4.79 Å². The SMILES string of the molecule is CC(=O)Nc1ccc(Cc2noc(CCc3ccccc3)n2)cc1. The Kier molecular flexibility index (Phi) is 5.01. The highest BCUT2D eigenvalue weighted by molar-refractivity contribution is 5.88. The minimum Gasteiger partial charge on any atom is -0.339 e. The number of nitrogens with one attached hydrogen (secondary N) is 1. The van der Waals surface area contributed by atoms with Crippen molar-refractivity contribution >= 4 is 11.6 Å². The van der Waals surface area contributed by atoms with Crippen molar-refractivity contribution < 1.29 is 9.32 Å². The molecule has 0 aliphatic rings. The van der Waals surface area contributed by atoms with Crippen LogP contribution in [0.25, 0.3) is 0 Å². The first-order chi connectivity index (χ1) is 11.7. The predicted octanol–water partition coefficient (Wildman–Crippen LogP) is 3.40. The number of hydrogen-bond acceptors (Lipinski definition) is 4. The highest BCUT2D eigenvalue weighted by Crippen LogP contribution is 2.13. The number of hydrogen-bond donors (Lipinski definition) is 1. The molecular weight excluding hydrogens is 302 g/mol. The van der Waals surface area contributed by atoms with Crippen molar-refractivity contribution in [3.63, 3.8) is 0 Å². The van der Waals surface area contributed by atoms with Gasteiger partial charge < -0.3 is 9.84 Å². The lowest BCUT2D eigenvalue weighted by Gasteiger charge is -2.02. The van der Waals surface area contributed by atoms with Gasteiger partial charge in [-0.2, -0.15) is 4.98 Å². The topological polar surface area (TPSA) is 68.0 Å². The Bertz CT molecular complexity index is 795. The molecular formula is C19H19N3O2. The van der Waals surface area contributed by atoms with E-state index in [0.29, 0.717) is 18.1 Å². The molecule has 0 bridgehead atoms. The van der Waals surface area contributed by atoms with Gasteiger partial charge in [-0.25, -0.2) is 0 Å². The van der Waals surface area contributed by atoms with Crippen molar-refractivity contribution in [1.82, 2.24) is 10.1 Å². The number of amides is 1. The van der Waals surface area contributed by atoms with Crippen LogP contribution in [0.1, 0.15) is 29.8 Å². The molecule has 0 unspecified atom stereocenters. The molecule has 0 fully saturated rings. The molecule has 1 heterocycles. The van der Waals surface area contributed by atoms with Crippen LogP contribution < -0.4 is 5.32 Å². The maximum absolute atomic E-state index is 11.0. The zero-order valence-corrected chi connectivity index (χ0v) is 13.5. The van der Waals surface area contributed by atoms with E-state index in [2.05, 4.69) is 27.6 Å². The Morgan fingerprint density at radius 1 is 1.00 bits per heavy atom. The highest BCUT2D eigenvalue weighted by atomic mass is 16.5. The number of carbonyl (C=O) groups excluding carboxylic acids is 1. The third-order valence-corrected chi connectivity index (χ3v) is 3.62. The van der Waals surface area contributed by atoms with E-state index in [4.69, 9.17) is 4.52 Å². The van der Waals surface area contributed by atoms with Crippen LogP contribution in [0.5, 0.6) is 0 Å². The number of carbonyl (C=O) groups is 1. The van der Waals surface area contributed by atoms with Crippen LogP contribution in [0, 0.1) is 0 Å². The Labute approximate surface area is 140 Å². The summed E-state index contributed by atoms with van der Waals surface area (Å²) in [5.41, 5.74) is 3.10. The molecule has 5 heteroatoms. The van der Waals surface area contributed by atoms with Gasteiger partial charge in [-0.15, -0.1) is 0 Å². The first kappa shape index (κ1) is 15.9. The van der Waals surface area contributed by atoms with Gasteiger partial charge in [0.1, 0.15) is 0 Å². The van der Waals surface area contributed by atoms with Crippen LogP contribution in [0.3, 0.4) is 0 Å². The molecule has 0 aliphatic heterocycles. The van der Waals surface area contributed by atoms with E-state index in [1.807, 2.05) is 42.5 Å². The summed E-state index contributed by atoms with van der Waals surface area (Å²) in [4.78, 5) is 15.5. The van der Waals surface area contributed by atoms with Gasteiger partial charge in [0.25, 0.3) is 0 Å². The van der Waals surface area contributed by atoms with Gasteiger partial charge in [0, 0.05) is 25.5 Å². The molecule has 0 aliphatic carbocycles. The Hall–Kier alpha value is -2.95. The van der Waals surface area contributed by atoms with Crippen LogP contribution in [0.15, 0.2) is 59.1 Å². The average molecular weight is 321 g/mol. The molecule has 1 amide bonds. The number of benzene rings is 2. The van der Waals surface area contributed by atoms with E-state index >= 15 is 0 Å². The van der Waals surface area contributed by atoms with Crippen molar-refractivity contribution in [2.45, 2.75) is 26.2 Å². The second-order valence-electron chi connectivity index (χ2n) is 5.64. The maximum Gasteiger partial charge on any atom is 0.226 e. The largest absolute Gasteiger partial charge is 0.339 e. The molecule has 24 heavy (non-hydrogen) atoms. The zero-order chi connectivity index (χ0) is 16.8. The minimum atomic E-state index is -0.0797. The van der Waals surface area contributed by atoms with Gasteiger partial charge >= 0.3 is 0 Å². The van der Waals surface area contributed by atoms with Gasteiger partial charge in [-0.1, -0.05) is 47.6 Å². The number of aromatic nitrogens is 2. The summed E-state index contributed by atoms with van der Waals surface area (Å²) >= 11 is 0. The van der Waals surface area contributed by atoms with E-state index in [-0.39, 0.29) is 5.91 Å². The summed E-state index contributed by atoms with van der Waals surface area (Å²) in [5, 5.41) is 6.78. The molecule has 0 spiro atoms. The second kappa shape index (κ2) is 7.55. The zero-order valence-electron chi connectivity index (χ0n) is 13.5. The monoisotopic (exact) mass is 321 g/mol. The molecule has 0 atom stereocenters. The van der Waals surface area contributed by atoms with Gasteiger partial charge in [-0.3, -0.25) is 4.79 Å². The Morgan fingerprint density at radius 3 is 2.46 bits per heavy atom. The Balaban J connectivity index is 1.56. The van der Waals surface area contributed by atoms with E-state index in [1.165, 1.54) is 12.5 Å². The number of nitrogens with zero attached hydrogens (tertiary/aromatic N) is 2. The maximum atomic E-state index is 11.0. The first-order valence-corrected chi connectivity index (χ1v) is 7.91. The van der Waals surface area contributed by atoms with E-state index < -0.39 is 0 Å². The predicted molar refractivity (Wildman–Crippen MR) is 91.7 cm³/mol. The summed E-state index contributed by atoms with van der Waals surface area (Å²) in [7, 11) is 0. The van der Waals surface area contributed by atoms with Crippen molar-refractivity contribution in [2.24, 2.45) is 0 Å². The van der Waals surface area contributed by atoms with Crippen molar-refractivity contribution in [3.05, 3.63) is 77.4 Å².